The molecule has 7 heteroatoms. The van der Waals surface area contributed by atoms with Crippen molar-refractivity contribution in [1.29, 1.82) is 0 Å². The van der Waals surface area contributed by atoms with Gasteiger partial charge in [-0.25, -0.2) is 9.82 Å². The van der Waals surface area contributed by atoms with Crippen LogP contribution in [0.3, 0.4) is 0 Å². The predicted octanol–water partition coefficient (Wildman–Crippen LogP) is 4.45. The van der Waals surface area contributed by atoms with Crippen molar-refractivity contribution in [2.75, 3.05) is 11.9 Å². The third kappa shape index (κ3) is 4.78. The van der Waals surface area contributed by atoms with Crippen molar-refractivity contribution in [3.05, 3.63) is 82.4 Å². The monoisotopic (exact) mass is 398 g/mol. The van der Waals surface area contributed by atoms with Crippen molar-refractivity contribution in [3.8, 4) is 5.69 Å². The van der Waals surface area contributed by atoms with E-state index in [1.165, 1.54) is 12.1 Å². The Balaban J connectivity index is 1.62. The first-order chi connectivity index (χ1) is 13.4. The molecule has 1 heterocycles. The summed E-state index contributed by atoms with van der Waals surface area (Å²) in [5, 5.41) is 7.60. The Morgan fingerprint density at radius 3 is 2.64 bits per heavy atom. The highest BCUT2D eigenvalue weighted by Gasteiger charge is 2.10. The van der Waals surface area contributed by atoms with Gasteiger partial charge in [-0.1, -0.05) is 17.7 Å². The zero-order valence-electron chi connectivity index (χ0n) is 15.5. The number of hydrogen-bond acceptors (Lipinski definition) is 3. The van der Waals surface area contributed by atoms with E-state index in [2.05, 4.69) is 20.4 Å². The molecule has 3 rings (SSSR count). The van der Waals surface area contributed by atoms with E-state index in [0.717, 1.165) is 22.6 Å². The number of benzene rings is 2. The predicted molar refractivity (Wildman–Crippen MR) is 111 cm³/mol. The minimum Gasteiger partial charge on any atom is -0.376 e. The molecule has 144 valence electrons. The summed E-state index contributed by atoms with van der Waals surface area (Å²) < 4.78 is 14.9. The van der Waals surface area contributed by atoms with E-state index in [-0.39, 0.29) is 18.3 Å². The van der Waals surface area contributed by atoms with Gasteiger partial charge < -0.3 is 9.88 Å². The number of hydrogen-bond donors (Lipinski definition) is 2. The zero-order valence-corrected chi connectivity index (χ0v) is 16.3. The van der Waals surface area contributed by atoms with E-state index in [0.29, 0.717) is 10.7 Å². The highest BCUT2D eigenvalue weighted by atomic mass is 35.5. The number of amides is 1. The number of rotatable bonds is 6. The number of nitrogens with one attached hydrogen (secondary N) is 2. The van der Waals surface area contributed by atoms with Crippen molar-refractivity contribution in [2.45, 2.75) is 13.8 Å². The fourth-order valence-corrected chi connectivity index (χ4v) is 3.08. The Morgan fingerprint density at radius 1 is 1.18 bits per heavy atom. The SMILES string of the molecule is Cc1cc(/C=N\NC(=O)CNc2ccc(F)cc2)c(C)n1-c1cccc(Cl)c1. The summed E-state index contributed by atoms with van der Waals surface area (Å²) in [5.41, 5.74) is 7.02. The van der Waals surface area contributed by atoms with Crippen LogP contribution in [0.25, 0.3) is 5.69 Å². The average molecular weight is 399 g/mol. The molecule has 1 amide bonds. The van der Waals surface area contributed by atoms with Crippen LogP contribution in [0.15, 0.2) is 59.7 Å². The van der Waals surface area contributed by atoms with Crippen molar-refractivity contribution in [3.63, 3.8) is 0 Å². The van der Waals surface area contributed by atoms with Crippen LogP contribution in [0.1, 0.15) is 17.0 Å². The van der Waals surface area contributed by atoms with Crippen molar-refractivity contribution >= 4 is 29.4 Å². The molecule has 2 N–H and O–H groups in total. The van der Waals surface area contributed by atoms with Gasteiger partial charge in [-0.2, -0.15) is 5.10 Å². The lowest BCUT2D eigenvalue weighted by molar-refractivity contribution is -0.119. The van der Waals surface area contributed by atoms with Crippen LogP contribution in [-0.4, -0.2) is 23.2 Å². The van der Waals surface area contributed by atoms with E-state index >= 15 is 0 Å². The lowest BCUT2D eigenvalue weighted by Gasteiger charge is -2.09. The highest BCUT2D eigenvalue weighted by Crippen LogP contribution is 2.22. The molecule has 28 heavy (non-hydrogen) atoms. The molecule has 5 nitrogen and oxygen atoms in total. The first-order valence-corrected chi connectivity index (χ1v) is 9.08. The lowest BCUT2D eigenvalue weighted by Crippen LogP contribution is -2.25. The van der Waals surface area contributed by atoms with Gasteiger partial charge in [0.05, 0.1) is 12.8 Å². The number of halogens is 2. The summed E-state index contributed by atoms with van der Waals surface area (Å²) >= 11 is 6.09. The van der Waals surface area contributed by atoms with Gasteiger partial charge in [0.15, 0.2) is 0 Å². The summed E-state index contributed by atoms with van der Waals surface area (Å²) in [4.78, 5) is 11.9. The van der Waals surface area contributed by atoms with E-state index in [1.807, 2.05) is 44.2 Å². The smallest absolute Gasteiger partial charge is 0.259 e. The quantitative estimate of drug-likeness (QED) is 0.476. The van der Waals surface area contributed by atoms with E-state index in [4.69, 9.17) is 11.6 Å². The van der Waals surface area contributed by atoms with Gasteiger partial charge in [0, 0.05) is 33.3 Å². The first-order valence-electron chi connectivity index (χ1n) is 8.70. The van der Waals surface area contributed by atoms with Crippen molar-refractivity contribution in [1.82, 2.24) is 9.99 Å². The summed E-state index contributed by atoms with van der Waals surface area (Å²) in [6, 6.07) is 15.4. The summed E-state index contributed by atoms with van der Waals surface area (Å²) in [7, 11) is 0. The Labute approximate surface area is 167 Å². The van der Waals surface area contributed by atoms with E-state index < -0.39 is 0 Å². The summed E-state index contributed by atoms with van der Waals surface area (Å²) in [5.74, 6) is -0.626. The molecule has 1 aromatic heterocycles. The number of anilines is 1. The summed E-state index contributed by atoms with van der Waals surface area (Å²) in [6.07, 6.45) is 1.61. The maximum absolute atomic E-state index is 12.9. The van der Waals surface area contributed by atoms with Crippen LogP contribution in [0, 0.1) is 19.7 Å². The largest absolute Gasteiger partial charge is 0.376 e. The maximum atomic E-state index is 12.9. The highest BCUT2D eigenvalue weighted by molar-refractivity contribution is 6.30. The number of carbonyl (C=O) groups excluding carboxylic acids is 1. The second kappa shape index (κ2) is 8.71. The van der Waals surface area contributed by atoms with Crippen LogP contribution < -0.4 is 10.7 Å². The third-order valence-electron chi connectivity index (χ3n) is 4.23. The van der Waals surface area contributed by atoms with Crippen molar-refractivity contribution in [2.24, 2.45) is 5.10 Å². The molecule has 2 aromatic carbocycles. The lowest BCUT2D eigenvalue weighted by atomic mass is 10.2. The zero-order chi connectivity index (χ0) is 20.1. The van der Waals surface area contributed by atoms with Crippen LogP contribution in [-0.2, 0) is 4.79 Å². The van der Waals surface area contributed by atoms with E-state index in [9.17, 15) is 9.18 Å². The minimum atomic E-state index is -0.324. The number of carbonyl (C=O) groups is 1. The molecule has 0 unspecified atom stereocenters. The van der Waals surface area contributed by atoms with E-state index in [1.54, 1.807) is 18.3 Å². The molecule has 0 spiro atoms. The first kappa shape index (κ1) is 19.6. The van der Waals surface area contributed by atoms with Gasteiger partial charge >= 0.3 is 0 Å². The fraction of sp³-hybridized carbons (Fsp3) is 0.143. The molecule has 0 aliphatic rings. The molecular formula is C21H20ClFN4O. The third-order valence-corrected chi connectivity index (χ3v) is 4.46. The maximum Gasteiger partial charge on any atom is 0.259 e. The van der Waals surface area contributed by atoms with Gasteiger partial charge in [-0.05, 0) is 62.4 Å². The molecule has 0 saturated carbocycles. The number of nitrogens with zero attached hydrogens (tertiary/aromatic N) is 2. The standard InChI is InChI=1S/C21H20ClFN4O/c1-14-10-16(15(2)27(14)20-5-3-4-17(22)11-20)12-25-26-21(28)13-24-19-8-6-18(23)7-9-19/h3-12,24H,13H2,1-2H3,(H,26,28)/b25-12-. The minimum absolute atomic E-state index is 0.0323. The molecule has 3 aromatic rings. The summed E-state index contributed by atoms with van der Waals surface area (Å²) in [6.45, 7) is 4.01. The molecule has 0 radical (unpaired) electrons. The van der Waals surface area contributed by atoms with Gasteiger partial charge in [-0.3, -0.25) is 4.79 Å². The Hall–Kier alpha value is -3.12. The Kier molecular flexibility index (Phi) is 6.11. The fourth-order valence-electron chi connectivity index (χ4n) is 2.89. The molecule has 0 saturated heterocycles. The van der Waals surface area contributed by atoms with Gasteiger partial charge in [-0.15, -0.1) is 0 Å². The number of hydrazone groups is 1. The number of aryl methyl sites for hydroxylation is 1. The Bertz CT molecular complexity index is 1010. The van der Waals surface area contributed by atoms with Gasteiger partial charge in [0.25, 0.3) is 5.91 Å². The van der Waals surface area contributed by atoms with Gasteiger partial charge in [0.2, 0.25) is 0 Å². The van der Waals surface area contributed by atoms with Gasteiger partial charge in [0.1, 0.15) is 5.82 Å². The second-order valence-corrected chi connectivity index (χ2v) is 6.73. The van der Waals surface area contributed by atoms with Crippen LogP contribution >= 0.6 is 11.6 Å². The molecule has 0 bridgehead atoms. The average Bonchev–Trinajstić information content (AvgIpc) is 2.95. The molecular weight excluding hydrogens is 379 g/mol. The topological polar surface area (TPSA) is 58.4 Å². The Morgan fingerprint density at radius 2 is 1.93 bits per heavy atom. The van der Waals surface area contributed by atoms with Crippen LogP contribution in [0.2, 0.25) is 5.02 Å². The second-order valence-electron chi connectivity index (χ2n) is 6.30. The molecule has 0 aliphatic heterocycles. The van der Waals surface area contributed by atoms with Crippen molar-refractivity contribution < 1.29 is 9.18 Å². The van der Waals surface area contributed by atoms with Crippen LogP contribution in [0.4, 0.5) is 10.1 Å². The number of aromatic nitrogens is 1. The molecule has 0 atom stereocenters. The van der Waals surface area contributed by atoms with Crippen LogP contribution in [0.5, 0.6) is 0 Å². The molecule has 0 aliphatic carbocycles. The molecule has 0 fully saturated rings. The normalized spacial score (nSPS) is 11.0.